The van der Waals surface area contributed by atoms with Crippen molar-refractivity contribution in [2.45, 2.75) is 31.7 Å². The zero-order valence-corrected chi connectivity index (χ0v) is 10.5. The molecule has 94 valence electrons. The van der Waals surface area contributed by atoms with E-state index in [0.29, 0.717) is 17.8 Å². The van der Waals surface area contributed by atoms with Gasteiger partial charge in [-0.25, -0.2) is 0 Å². The number of benzene rings is 1. The molecule has 3 heteroatoms. The van der Waals surface area contributed by atoms with Crippen LogP contribution in [0.2, 0.25) is 0 Å². The Morgan fingerprint density at radius 2 is 2.22 bits per heavy atom. The second-order valence-corrected chi connectivity index (χ2v) is 5.89. The lowest BCUT2D eigenvalue weighted by Gasteiger charge is -2.39. The SMILES string of the molecule is CC1CN[C@@H]2Cc3c(O)[nH]c4cccc(c34)[C@H]2C1. The minimum Gasteiger partial charge on any atom is -0.494 e. The Kier molecular flexibility index (Phi) is 2.04. The van der Waals surface area contributed by atoms with Gasteiger partial charge in [0.1, 0.15) is 0 Å². The highest BCUT2D eigenvalue weighted by molar-refractivity contribution is 5.90. The van der Waals surface area contributed by atoms with E-state index in [1.807, 2.05) is 0 Å². The van der Waals surface area contributed by atoms with Crippen LogP contribution in [0.3, 0.4) is 0 Å². The largest absolute Gasteiger partial charge is 0.494 e. The van der Waals surface area contributed by atoms with E-state index in [4.69, 9.17) is 0 Å². The monoisotopic (exact) mass is 242 g/mol. The van der Waals surface area contributed by atoms with Crippen LogP contribution in [0.5, 0.6) is 5.88 Å². The van der Waals surface area contributed by atoms with Gasteiger partial charge in [0.2, 0.25) is 0 Å². The van der Waals surface area contributed by atoms with E-state index in [1.165, 1.54) is 17.4 Å². The van der Waals surface area contributed by atoms with Gasteiger partial charge in [-0.15, -0.1) is 0 Å². The molecule has 1 aromatic carbocycles. The molecule has 2 aliphatic rings. The van der Waals surface area contributed by atoms with Crippen molar-refractivity contribution in [2.75, 3.05) is 6.54 Å². The Morgan fingerprint density at radius 1 is 1.33 bits per heavy atom. The van der Waals surface area contributed by atoms with Gasteiger partial charge < -0.3 is 15.4 Å². The summed E-state index contributed by atoms with van der Waals surface area (Å²) in [4.78, 5) is 3.11. The van der Waals surface area contributed by atoms with Crippen LogP contribution in [0.4, 0.5) is 0 Å². The molecule has 3 nitrogen and oxygen atoms in total. The maximum absolute atomic E-state index is 10.1. The number of aromatic hydroxyl groups is 1. The van der Waals surface area contributed by atoms with E-state index in [-0.39, 0.29) is 0 Å². The Morgan fingerprint density at radius 3 is 3.11 bits per heavy atom. The van der Waals surface area contributed by atoms with Crippen LogP contribution in [0.25, 0.3) is 10.9 Å². The third-order valence-electron chi connectivity index (χ3n) is 4.63. The molecular formula is C15H18N2O. The highest BCUT2D eigenvalue weighted by atomic mass is 16.3. The number of aromatic amines is 1. The van der Waals surface area contributed by atoms with E-state index in [1.54, 1.807) is 0 Å². The smallest absolute Gasteiger partial charge is 0.192 e. The fraction of sp³-hybridized carbons (Fsp3) is 0.467. The maximum atomic E-state index is 10.1. The van der Waals surface area contributed by atoms with Crippen molar-refractivity contribution >= 4 is 10.9 Å². The molecule has 3 N–H and O–H groups in total. The van der Waals surface area contributed by atoms with Crippen LogP contribution >= 0.6 is 0 Å². The zero-order valence-electron chi connectivity index (χ0n) is 10.5. The number of hydrogen-bond donors (Lipinski definition) is 3. The Bertz CT molecular complexity index is 616. The highest BCUT2D eigenvalue weighted by Gasteiger charge is 2.36. The molecule has 1 unspecified atom stereocenters. The van der Waals surface area contributed by atoms with Crippen molar-refractivity contribution in [1.29, 1.82) is 0 Å². The predicted molar refractivity (Wildman–Crippen MR) is 72.0 cm³/mol. The lowest BCUT2D eigenvalue weighted by Crippen LogP contribution is -2.46. The standard InChI is InChI=1S/C15H18N2O/c1-8-5-10-9-3-2-4-12-14(9)11(15(18)17-12)6-13(10)16-7-8/h2-4,8,10,13,16-18H,5-7H2,1H3/t8?,10-,13-/m1/s1. The molecule has 2 aromatic rings. The number of piperidine rings is 1. The fourth-order valence-corrected chi connectivity index (χ4v) is 3.79. The average molecular weight is 242 g/mol. The van der Waals surface area contributed by atoms with Gasteiger partial charge in [-0.3, -0.25) is 0 Å². The van der Waals surface area contributed by atoms with Crippen molar-refractivity contribution < 1.29 is 5.11 Å². The molecule has 0 spiro atoms. The predicted octanol–water partition coefficient (Wildman–Crippen LogP) is 2.51. The molecule has 0 amide bonds. The first-order valence-electron chi connectivity index (χ1n) is 6.80. The summed E-state index contributed by atoms with van der Waals surface area (Å²) in [6.45, 7) is 3.41. The topological polar surface area (TPSA) is 48.0 Å². The summed E-state index contributed by atoms with van der Waals surface area (Å²) in [7, 11) is 0. The van der Waals surface area contributed by atoms with Crippen molar-refractivity contribution in [3.05, 3.63) is 29.3 Å². The summed E-state index contributed by atoms with van der Waals surface area (Å²) < 4.78 is 0. The number of fused-ring (bicyclic) bond motifs is 2. The second kappa shape index (κ2) is 3.51. The van der Waals surface area contributed by atoms with Crippen molar-refractivity contribution in [1.82, 2.24) is 10.3 Å². The van der Waals surface area contributed by atoms with Crippen molar-refractivity contribution in [3.8, 4) is 5.88 Å². The third kappa shape index (κ3) is 1.28. The lowest BCUT2D eigenvalue weighted by atomic mass is 9.73. The van der Waals surface area contributed by atoms with Gasteiger partial charge in [0.05, 0.1) is 0 Å². The second-order valence-electron chi connectivity index (χ2n) is 5.89. The highest BCUT2D eigenvalue weighted by Crippen LogP contribution is 2.44. The molecule has 4 rings (SSSR count). The minimum absolute atomic E-state index is 0.358. The van der Waals surface area contributed by atoms with E-state index in [9.17, 15) is 5.11 Å². The molecule has 1 aliphatic heterocycles. The molecule has 1 aliphatic carbocycles. The van der Waals surface area contributed by atoms with E-state index in [2.05, 4.69) is 35.4 Å². The molecule has 2 heterocycles. The Hall–Kier alpha value is -1.48. The Labute approximate surface area is 106 Å². The van der Waals surface area contributed by atoms with Gasteiger partial charge >= 0.3 is 0 Å². The van der Waals surface area contributed by atoms with Crippen LogP contribution in [0.1, 0.15) is 30.4 Å². The summed E-state index contributed by atoms with van der Waals surface area (Å²) >= 11 is 0. The number of rotatable bonds is 0. The van der Waals surface area contributed by atoms with Crippen LogP contribution in [-0.2, 0) is 6.42 Å². The summed E-state index contributed by atoms with van der Waals surface area (Å²) in [5.74, 6) is 1.69. The molecule has 3 atom stereocenters. The number of nitrogens with one attached hydrogen (secondary N) is 2. The lowest BCUT2D eigenvalue weighted by molar-refractivity contribution is 0.280. The first kappa shape index (κ1) is 10.4. The molecule has 1 aromatic heterocycles. The molecule has 0 bridgehead atoms. The van der Waals surface area contributed by atoms with Crippen molar-refractivity contribution in [3.63, 3.8) is 0 Å². The van der Waals surface area contributed by atoms with Gasteiger partial charge in [0.25, 0.3) is 0 Å². The first-order chi connectivity index (χ1) is 8.74. The summed E-state index contributed by atoms with van der Waals surface area (Å²) in [6.07, 6.45) is 2.20. The van der Waals surface area contributed by atoms with Gasteiger partial charge in [-0.1, -0.05) is 19.1 Å². The fourth-order valence-electron chi connectivity index (χ4n) is 3.79. The third-order valence-corrected chi connectivity index (χ3v) is 4.63. The quantitative estimate of drug-likeness (QED) is 0.665. The molecule has 1 fully saturated rings. The first-order valence-corrected chi connectivity index (χ1v) is 6.80. The number of hydrogen-bond acceptors (Lipinski definition) is 2. The van der Waals surface area contributed by atoms with Crippen molar-refractivity contribution in [2.24, 2.45) is 5.92 Å². The molecule has 0 saturated carbocycles. The minimum atomic E-state index is 0.358. The van der Waals surface area contributed by atoms with E-state index >= 15 is 0 Å². The summed E-state index contributed by atoms with van der Waals surface area (Å²) in [5.41, 5.74) is 3.59. The number of H-pyrrole nitrogens is 1. The normalized spacial score (nSPS) is 30.4. The van der Waals surface area contributed by atoms with Gasteiger partial charge in [0, 0.05) is 28.4 Å². The zero-order chi connectivity index (χ0) is 12.3. The molecule has 0 radical (unpaired) electrons. The van der Waals surface area contributed by atoms with E-state index in [0.717, 1.165) is 30.0 Å². The average Bonchev–Trinajstić information content (AvgIpc) is 2.69. The maximum Gasteiger partial charge on any atom is 0.192 e. The van der Waals surface area contributed by atoms with Crippen LogP contribution in [0, 0.1) is 5.92 Å². The van der Waals surface area contributed by atoms with Gasteiger partial charge in [0.15, 0.2) is 5.88 Å². The van der Waals surface area contributed by atoms with Crippen LogP contribution in [0.15, 0.2) is 18.2 Å². The van der Waals surface area contributed by atoms with Gasteiger partial charge in [-0.2, -0.15) is 0 Å². The molecule has 18 heavy (non-hydrogen) atoms. The van der Waals surface area contributed by atoms with E-state index < -0.39 is 0 Å². The van der Waals surface area contributed by atoms with Gasteiger partial charge in [-0.05, 0) is 36.9 Å². The van der Waals surface area contributed by atoms with Crippen LogP contribution < -0.4 is 5.32 Å². The molecular weight excluding hydrogens is 224 g/mol. The summed E-state index contributed by atoms with van der Waals surface area (Å²) in [6, 6.07) is 6.87. The molecule has 1 saturated heterocycles. The number of aromatic nitrogens is 1. The Balaban J connectivity index is 1.95. The van der Waals surface area contributed by atoms with Crippen LogP contribution in [-0.4, -0.2) is 22.7 Å². The summed E-state index contributed by atoms with van der Waals surface area (Å²) in [5, 5.41) is 15.0.